The first-order valence-corrected chi connectivity index (χ1v) is 9.41. The highest BCUT2D eigenvalue weighted by molar-refractivity contribution is 5.63. The van der Waals surface area contributed by atoms with Gasteiger partial charge in [-0.15, -0.1) is 5.10 Å². The van der Waals surface area contributed by atoms with E-state index in [1.165, 1.54) is 11.3 Å². The van der Waals surface area contributed by atoms with Gasteiger partial charge >= 0.3 is 0 Å². The lowest BCUT2D eigenvalue weighted by atomic mass is 10.0. The van der Waals surface area contributed by atoms with Crippen molar-refractivity contribution in [1.82, 2.24) is 15.2 Å². The van der Waals surface area contributed by atoms with Crippen LogP contribution in [-0.4, -0.2) is 53.8 Å². The fraction of sp³-hybridized carbons (Fsp3) is 0.526. The van der Waals surface area contributed by atoms with Crippen molar-refractivity contribution in [1.29, 1.82) is 0 Å². The quantitative estimate of drug-likeness (QED) is 0.821. The molecular formula is C19H23N5O2. The van der Waals surface area contributed by atoms with Crippen LogP contribution >= 0.6 is 0 Å². The fourth-order valence-corrected chi connectivity index (χ4v) is 4.16. The van der Waals surface area contributed by atoms with E-state index in [4.69, 9.17) is 14.5 Å². The Labute approximate surface area is 152 Å². The highest BCUT2D eigenvalue weighted by atomic mass is 16.7. The van der Waals surface area contributed by atoms with E-state index < -0.39 is 0 Å². The average molecular weight is 353 g/mol. The van der Waals surface area contributed by atoms with E-state index >= 15 is 0 Å². The Morgan fingerprint density at radius 3 is 2.65 bits per heavy atom. The fourth-order valence-electron chi connectivity index (χ4n) is 4.16. The molecule has 136 valence electrons. The third kappa shape index (κ3) is 2.81. The number of piperidine rings is 1. The predicted octanol–water partition coefficient (Wildman–Crippen LogP) is 2.30. The Balaban J connectivity index is 1.37. The van der Waals surface area contributed by atoms with Crippen LogP contribution in [-0.2, 0) is 15.9 Å². The van der Waals surface area contributed by atoms with E-state index in [0.717, 1.165) is 51.1 Å². The summed E-state index contributed by atoms with van der Waals surface area (Å²) >= 11 is 0. The summed E-state index contributed by atoms with van der Waals surface area (Å²) in [4.78, 5) is 9.27. The SMILES string of the molecule is c1ccc2c(c1)CCCN2c1nncc(N2CCC3(CC2)OCCO3)n1. The molecule has 0 unspecified atom stereocenters. The number of nitrogens with zero attached hydrogens (tertiary/aromatic N) is 5. The number of ether oxygens (including phenoxy) is 2. The molecule has 1 aromatic heterocycles. The maximum atomic E-state index is 5.82. The Morgan fingerprint density at radius 2 is 1.81 bits per heavy atom. The zero-order valence-corrected chi connectivity index (χ0v) is 14.8. The highest BCUT2D eigenvalue weighted by Crippen LogP contribution is 2.34. The molecule has 0 saturated carbocycles. The van der Waals surface area contributed by atoms with Gasteiger partial charge in [0.25, 0.3) is 5.95 Å². The Hall–Kier alpha value is -2.25. The summed E-state index contributed by atoms with van der Waals surface area (Å²) in [7, 11) is 0. The van der Waals surface area contributed by atoms with Crippen molar-refractivity contribution >= 4 is 17.5 Å². The number of aromatic nitrogens is 3. The van der Waals surface area contributed by atoms with Crippen molar-refractivity contribution in [3.8, 4) is 0 Å². The van der Waals surface area contributed by atoms with Crippen LogP contribution in [0.1, 0.15) is 24.8 Å². The number of para-hydroxylation sites is 1. The molecule has 3 aliphatic heterocycles. The van der Waals surface area contributed by atoms with Crippen LogP contribution in [0.4, 0.5) is 17.5 Å². The van der Waals surface area contributed by atoms with Crippen molar-refractivity contribution in [3.63, 3.8) is 0 Å². The number of fused-ring (bicyclic) bond motifs is 1. The average Bonchev–Trinajstić information content (AvgIpc) is 3.16. The van der Waals surface area contributed by atoms with Gasteiger partial charge in [0.05, 0.1) is 19.4 Å². The van der Waals surface area contributed by atoms with Crippen LogP contribution in [0.15, 0.2) is 30.5 Å². The minimum Gasteiger partial charge on any atom is -0.355 e. The standard InChI is InChI=1S/C19H23N5O2/c1-2-6-16-15(4-1)5-3-9-24(16)18-21-17(14-20-22-18)23-10-7-19(8-11-23)25-12-13-26-19/h1-2,4,6,14H,3,5,7-13H2. The molecule has 0 bridgehead atoms. The molecule has 2 saturated heterocycles. The van der Waals surface area contributed by atoms with Crippen LogP contribution in [0.2, 0.25) is 0 Å². The first kappa shape index (κ1) is 16.0. The number of aryl methyl sites for hydroxylation is 1. The molecule has 1 spiro atoms. The van der Waals surface area contributed by atoms with E-state index in [1.54, 1.807) is 6.20 Å². The van der Waals surface area contributed by atoms with Gasteiger partial charge in [0, 0.05) is 38.2 Å². The lowest BCUT2D eigenvalue weighted by Gasteiger charge is -2.38. The predicted molar refractivity (Wildman–Crippen MR) is 97.7 cm³/mol. The lowest BCUT2D eigenvalue weighted by Crippen LogP contribution is -2.45. The molecule has 0 radical (unpaired) electrons. The van der Waals surface area contributed by atoms with Gasteiger partial charge in [-0.3, -0.25) is 0 Å². The van der Waals surface area contributed by atoms with E-state index in [1.807, 2.05) is 0 Å². The molecule has 3 aliphatic rings. The van der Waals surface area contributed by atoms with E-state index in [0.29, 0.717) is 19.2 Å². The minimum atomic E-state index is -0.369. The van der Waals surface area contributed by atoms with Crippen molar-refractivity contribution in [2.75, 3.05) is 42.6 Å². The molecule has 7 nitrogen and oxygen atoms in total. The summed E-state index contributed by atoms with van der Waals surface area (Å²) in [5.41, 5.74) is 2.55. The van der Waals surface area contributed by atoms with Crippen molar-refractivity contribution < 1.29 is 9.47 Å². The maximum Gasteiger partial charge on any atom is 0.251 e. The second kappa shape index (κ2) is 6.48. The summed E-state index contributed by atoms with van der Waals surface area (Å²) in [5, 5.41) is 8.56. The normalized spacial score (nSPS) is 21.8. The molecule has 5 rings (SSSR count). The van der Waals surface area contributed by atoms with Crippen molar-refractivity contribution in [3.05, 3.63) is 36.0 Å². The minimum absolute atomic E-state index is 0.369. The zero-order valence-electron chi connectivity index (χ0n) is 14.8. The third-order valence-electron chi connectivity index (χ3n) is 5.55. The summed E-state index contributed by atoms with van der Waals surface area (Å²) in [6.07, 6.45) is 5.69. The molecule has 0 atom stereocenters. The van der Waals surface area contributed by atoms with Crippen molar-refractivity contribution in [2.24, 2.45) is 0 Å². The van der Waals surface area contributed by atoms with Crippen LogP contribution in [0, 0.1) is 0 Å². The van der Waals surface area contributed by atoms with Crippen LogP contribution < -0.4 is 9.80 Å². The van der Waals surface area contributed by atoms with Gasteiger partial charge < -0.3 is 19.3 Å². The van der Waals surface area contributed by atoms with Crippen molar-refractivity contribution in [2.45, 2.75) is 31.5 Å². The van der Waals surface area contributed by atoms with Gasteiger partial charge in [-0.25, -0.2) is 0 Å². The van der Waals surface area contributed by atoms with E-state index in [2.05, 4.69) is 44.3 Å². The first-order valence-electron chi connectivity index (χ1n) is 9.41. The molecule has 0 amide bonds. The maximum absolute atomic E-state index is 5.82. The zero-order chi connectivity index (χ0) is 17.4. The summed E-state index contributed by atoms with van der Waals surface area (Å²) in [6, 6.07) is 8.49. The second-order valence-electron chi connectivity index (χ2n) is 7.09. The van der Waals surface area contributed by atoms with Gasteiger partial charge in [0.2, 0.25) is 0 Å². The molecule has 2 aromatic rings. The highest BCUT2D eigenvalue weighted by Gasteiger charge is 2.40. The molecule has 7 heteroatoms. The summed E-state index contributed by atoms with van der Waals surface area (Å²) < 4.78 is 11.6. The number of hydrogen-bond acceptors (Lipinski definition) is 7. The molecule has 0 aliphatic carbocycles. The Morgan fingerprint density at radius 1 is 1.00 bits per heavy atom. The Bertz CT molecular complexity index is 783. The number of benzene rings is 1. The molecule has 2 fully saturated rings. The van der Waals surface area contributed by atoms with Gasteiger partial charge in [-0.2, -0.15) is 10.1 Å². The first-order chi connectivity index (χ1) is 12.8. The second-order valence-corrected chi connectivity index (χ2v) is 7.09. The Kier molecular flexibility index (Phi) is 3.98. The molecule has 0 N–H and O–H groups in total. The summed E-state index contributed by atoms with van der Waals surface area (Å²) in [6.45, 7) is 4.04. The number of hydrogen-bond donors (Lipinski definition) is 0. The number of anilines is 3. The van der Waals surface area contributed by atoms with E-state index in [-0.39, 0.29) is 5.79 Å². The number of rotatable bonds is 2. The lowest BCUT2D eigenvalue weighted by molar-refractivity contribution is -0.169. The monoisotopic (exact) mass is 353 g/mol. The van der Waals surface area contributed by atoms with Gasteiger partial charge in [0.1, 0.15) is 0 Å². The molecule has 4 heterocycles. The van der Waals surface area contributed by atoms with E-state index in [9.17, 15) is 0 Å². The molecule has 1 aromatic carbocycles. The largest absolute Gasteiger partial charge is 0.355 e. The van der Waals surface area contributed by atoms with Gasteiger partial charge in [0.15, 0.2) is 11.6 Å². The van der Waals surface area contributed by atoms with Crippen LogP contribution in [0.3, 0.4) is 0 Å². The third-order valence-corrected chi connectivity index (χ3v) is 5.55. The topological polar surface area (TPSA) is 63.6 Å². The smallest absolute Gasteiger partial charge is 0.251 e. The van der Waals surface area contributed by atoms with Crippen LogP contribution in [0.5, 0.6) is 0 Å². The van der Waals surface area contributed by atoms with Gasteiger partial charge in [-0.05, 0) is 24.5 Å². The van der Waals surface area contributed by atoms with Crippen LogP contribution in [0.25, 0.3) is 0 Å². The molecular weight excluding hydrogens is 330 g/mol. The summed E-state index contributed by atoms with van der Waals surface area (Å²) in [5.74, 6) is 1.19. The molecule has 26 heavy (non-hydrogen) atoms. The van der Waals surface area contributed by atoms with Gasteiger partial charge in [-0.1, -0.05) is 18.2 Å².